The highest BCUT2D eigenvalue weighted by molar-refractivity contribution is 6.23. The van der Waals surface area contributed by atoms with Crippen LogP contribution in [0.15, 0.2) is 157 Å². The van der Waals surface area contributed by atoms with Crippen LogP contribution in [-0.2, 0) is 0 Å². The van der Waals surface area contributed by atoms with Gasteiger partial charge in [-0.15, -0.1) is 0 Å². The summed E-state index contributed by atoms with van der Waals surface area (Å²) < 4.78 is 133. The highest BCUT2D eigenvalue weighted by Gasteiger charge is 2.19. The fourth-order valence-corrected chi connectivity index (χ4v) is 5.46. The van der Waals surface area contributed by atoms with Crippen molar-refractivity contribution in [1.82, 2.24) is 0 Å². The van der Waals surface area contributed by atoms with Gasteiger partial charge in [0.25, 0.3) is 0 Å². The van der Waals surface area contributed by atoms with E-state index in [1.165, 1.54) is 12.1 Å². The molecule has 0 fully saturated rings. The number of benzene rings is 8. The van der Waals surface area contributed by atoms with Crippen molar-refractivity contribution in [3.05, 3.63) is 157 Å². The minimum atomic E-state index is -0.633. The van der Waals surface area contributed by atoms with Crippen LogP contribution in [0.2, 0.25) is 0 Å². The summed E-state index contributed by atoms with van der Waals surface area (Å²) in [5, 5.41) is 0.934. The lowest BCUT2D eigenvalue weighted by Gasteiger charge is -2.20. The van der Waals surface area contributed by atoms with Crippen molar-refractivity contribution in [2.24, 2.45) is 0 Å². The zero-order valence-electron chi connectivity index (χ0n) is 35.9. The average Bonchev–Trinajstić information content (AvgIpc) is 3.19. The van der Waals surface area contributed by atoms with Crippen LogP contribution >= 0.6 is 0 Å². The lowest BCUT2D eigenvalue weighted by Crippen LogP contribution is -1.93. The molecule has 0 N–H and O–H groups in total. The van der Waals surface area contributed by atoms with Crippen molar-refractivity contribution in [2.45, 2.75) is 0 Å². The summed E-state index contributed by atoms with van der Waals surface area (Å²) in [6.45, 7) is 0. The Kier molecular flexibility index (Phi) is 2.84. The Morgan fingerprint density at radius 1 is 0.350 bits per heavy atom. The molecule has 8 aromatic rings. The van der Waals surface area contributed by atoms with Gasteiger partial charge in [0, 0.05) is 0 Å². The molecule has 0 bridgehead atoms. The molecule has 8 rings (SSSR count). The number of hydrogen-bond donors (Lipinski definition) is 0. The molecule has 8 aromatic carbocycles. The van der Waals surface area contributed by atoms with Gasteiger partial charge in [0.15, 0.2) is 0 Å². The SMILES string of the molecule is [2H]c1c([2H])c([2H])c2c(-c3ccccc3-c3c4c([2H])c([2H])c([2H])c([2H])c4c(-c4ccc5ccccc5c4)c4c([2H])c([2H])c([2H])c([2H])c34)c([2H])c([2H])c([2H])c2c1[2H]. The molecule has 186 valence electrons. The third kappa shape index (κ3) is 3.54. The Hall–Kier alpha value is -5.20. The maximum absolute atomic E-state index is 9.35. The van der Waals surface area contributed by atoms with Gasteiger partial charge in [-0.05, 0) is 82.5 Å². The van der Waals surface area contributed by atoms with Crippen LogP contribution in [0.1, 0.15) is 20.6 Å². The second kappa shape index (κ2) is 9.22. The minimum Gasteiger partial charge on any atom is -0.0616 e. The van der Waals surface area contributed by atoms with Crippen LogP contribution in [0.25, 0.3) is 76.5 Å². The molecule has 0 unspecified atom stereocenters. The van der Waals surface area contributed by atoms with E-state index in [9.17, 15) is 5.48 Å². The Morgan fingerprint density at radius 2 is 0.900 bits per heavy atom. The quantitative estimate of drug-likeness (QED) is 0.203. The van der Waals surface area contributed by atoms with E-state index >= 15 is 0 Å². The Bertz CT molecular complexity index is 2950. The Labute approximate surface area is 254 Å². The molecular formula is C40H26. The lowest BCUT2D eigenvalue weighted by molar-refractivity contribution is 1.63. The van der Waals surface area contributed by atoms with Gasteiger partial charge in [-0.25, -0.2) is 0 Å². The molecule has 0 spiro atoms. The zero-order chi connectivity index (χ0) is 39.5. The molecule has 0 aliphatic rings. The molecule has 0 heterocycles. The van der Waals surface area contributed by atoms with Gasteiger partial charge >= 0.3 is 0 Å². The fraction of sp³-hybridized carbons (Fsp3) is 0. The number of fused-ring (bicyclic) bond motifs is 4. The highest BCUT2D eigenvalue weighted by atomic mass is 14.2. The summed E-state index contributed by atoms with van der Waals surface area (Å²) in [5.74, 6) is 0. The van der Waals surface area contributed by atoms with Crippen molar-refractivity contribution in [3.8, 4) is 33.4 Å². The molecule has 40 heavy (non-hydrogen) atoms. The van der Waals surface area contributed by atoms with Gasteiger partial charge in [-0.2, -0.15) is 0 Å². The Balaban J connectivity index is 1.68. The summed E-state index contributed by atoms with van der Waals surface area (Å²) in [7, 11) is 0. The van der Waals surface area contributed by atoms with E-state index < -0.39 is 90.6 Å². The predicted octanol–water partition coefficient (Wildman–Crippen LogP) is 11.3. The van der Waals surface area contributed by atoms with Crippen molar-refractivity contribution >= 4 is 43.1 Å². The van der Waals surface area contributed by atoms with Gasteiger partial charge in [0.05, 0.1) is 20.6 Å². The van der Waals surface area contributed by atoms with Gasteiger partial charge in [0.2, 0.25) is 0 Å². The molecule has 0 aromatic heterocycles. The monoisotopic (exact) mass is 521 g/mol. The highest BCUT2D eigenvalue weighted by Crippen LogP contribution is 2.46. The predicted molar refractivity (Wildman–Crippen MR) is 173 cm³/mol. The molecule has 0 aliphatic heterocycles. The van der Waals surface area contributed by atoms with Crippen LogP contribution in [0.4, 0.5) is 0 Å². The zero-order valence-corrected chi connectivity index (χ0v) is 20.9. The van der Waals surface area contributed by atoms with Crippen LogP contribution in [0.5, 0.6) is 0 Å². The first-order chi connectivity index (χ1) is 26.1. The van der Waals surface area contributed by atoms with Crippen LogP contribution in [-0.4, -0.2) is 0 Å². The van der Waals surface area contributed by atoms with Crippen molar-refractivity contribution in [1.29, 1.82) is 0 Å². The van der Waals surface area contributed by atoms with Gasteiger partial charge in [0.1, 0.15) is 0 Å². The van der Waals surface area contributed by atoms with Crippen molar-refractivity contribution in [2.75, 3.05) is 0 Å². The molecule has 0 radical (unpaired) electrons. The molecule has 0 nitrogen and oxygen atoms in total. The molecule has 0 amide bonds. The van der Waals surface area contributed by atoms with E-state index in [0.29, 0.717) is 5.56 Å². The van der Waals surface area contributed by atoms with Crippen LogP contribution in [0, 0.1) is 0 Å². The van der Waals surface area contributed by atoms with Crippen LogP contribution in [0.3, 0.4) is 0 Å². The van der Waals surface area contributed by atoms with E-state index in [2.05, 4.69) is 0 Å². The van der Waals surface area contributed by atoms with Crippen LogP contribution < -0.4 is 0 Å². The second-order valence-corrected chi connectivity index (χ2v) is 9.36. The topological polar surface area (TPSA) is 0 Å². The summed E-state index contributed by atoms with van der Waals surface area (Å²) in [6, 6.07) is 10.6. The van der Waals surface area contributed by atoms with Gasteiger partial charge in [-0.3, -0.25) is 0 Å². The maximum Gasteiger partial charge on any atom is 0.0629 e. The number of hydrogen-bond acceptors (Lipinski definition) is 0. The number of rotatable bonds is 3. The molecule has 0 atom stereocenters. The van der Waals surface area contributed by atoms with E-state index in [1.54, 1.807) is 24.3 Å². The normalized spacial score (nSPS) is 16.8. The lowest BCUT2D eigenvalue weighted by atomic mass is 9.83. The molecule has 0 aliphatic carbocycles. The first-order valence-electron chi connectivity index (χ1n) is 20.1. The minimum absolute atomic E-state index is 0.0239. The van der Waals surface area contributed by atoms with Gasteiger partial charge < -0.3 is 0 Å². The third-order valence-corrected chi connectivity index (χ3v) is 7.19. The van der Waals surface area contributed by atoms with Gasteiger partial charge in [-0.1, -0.05) is 151 Å². The summed E-state index contributed by atoms with van der Waals surface area (Å²) in [5.41, 5.74) is 0.598. The standard InChI is InChI=1S/C40H26/c1-2-14-29-26-30(25-24-27(29)12-1)39-35-19-7-9-21-37(35)40(38-22-10-8-20-36(38)39)34-18-6-5-17-33(34)32-23-11-15-28-13-3-4-16-31(28)32/h1-26H/i3D,4D,7D,8D,9D,10D,11D,13D,15D,16D,19D,20D,21D,22D,23D. The van der Waals surface area contributed by atoms with Crippen molar-refractivity contribution < 1.29 is 20.6 Å². The van der Waals surface area contributed by atoms with Crippen molar-refractivity contribution in [3.63, 3.8) is 0 Å². The second-order valence-electron chi connectivity index (χ2n) is 9.36. The average molecular weight is 522 g/mol. The van der Waals surface area contributed by atoms with E-state index in [-0.39, 0.29) is 60.1 Å². The molecular weight excluding hydrogens is 480 g/mol. The fourth-order valence-electron chi connectivity index (χ4n) is 5.46. The van der Waals surface area contributed by atoms with E-state index in [0.717, 1.165) is 10.8 Å². The molecule has 0 heteroatoms. The Morgan fingerprint density at radius 3 is 1.62 bits per heavy atom. The van der Waals surface area contributed by atoms with E-state index in [4.69, 9.17) is 15.1 Å². The molecule has 0 saturated carbocycles. The first kappa shape index (κ1) is 12.3. The summed E-state index contributed by atoms with van der Waals surface area (Å²) in [4.78, 5) is 0. The third-order valence-electron chi connectivity index (χ3n) is 7.19. The smallest absolute Gasteiger partial charge is 0.0616 e. The summed E-state index contributed by atoms with van der Waals surface area (Å²) >= 11 is 0. The first-order valence-corrected chi connectivity index (χ1v) is 12.6. The maximum atomic E-state index is 9.35. The summed E-state index contributed by atoms with van der Waals surface area (Å²) in [6.07, 6.45) is 0. The molecule has 0 saturated heterocycles. The van der Waals surface area contributed by atoms with E-state index in [1.807, 2.05) is 30.3 Å². The largest absolute Gasteiger partial charge is 0.0629 e.